The summed E-state index contributed by atoms with van der Waals surface area (Å²) in [7, 11) is 0. The minimum atomic E-state index is -0.370. The van der Waals surface area contributed by atoms with Crippen molar-refractivity contribution in [2.75, 3.05) is 5.01 Å². The number of amides is 1. The van der Waals surface area contributed by atoms with Gasteiger partial charge >= 0.3 is 0 Å². The van der Waals surface area contributed by atoms with Crippen LogP contribution in [0.2, 0.25) is 0 Å². The quantitative estimate of drug-likeness (QED) is 0.338. The molecule has 7 heteroatoms. The lowest BCUT2D eigenvalue weighted by Gasteiger charge is -2.11. The zero-order valence-corrected chi connectivity index (χ0v) is 17.8. The number of para-hydroxylation sites is 1. The summed E-state index contributed by atoms with van der Waals surface area (Å²) in [5.41, 5.74) is 5.97. The Bertz CT molecular complexity index is 1270. The maximum absolute atomic E-state index is 13.0. The number of hydrogen-bond donors (Lipinski definition) is 0. The molecule has 0 fully saturated rings. The number of anilines is 1. The van der Waals surface area contributed by atoms with Gasteiger partial charge in [-0.25, -0.2) is 0 Å². The van der Waals surface area contributed by atoms with Crippen LogP contribution in [0.4, 0.5) is 11.4 Å². The molecule has 4 rings (SSSR count). The van der Waals surface area contributed by atoms with Gasteiger partial charge in [0.15, 0.2) is 0 Å². The number of rotatable bonds is 4. The van der Waals surface area contributed by atoms with Gasteiger partial charge in [-0.3, -0.25) is 14.9 Å². The van der Waals surface area contributed by atoms with E-state index in [0.29, 0.717) is 28.2 Å². The average Bonchev–Trinajstić information content (AvgIpc) is 3.18. The molecule has 2 heterocycles. The first-order valence-corrected chi connectivity index (χ1v) is 9.89. The van der Waals surface area contributed by atoms with E-state index in [4.69, 9.17) is 0 Å². The van der Waals surface area contributed by atoms with Crippen LogP contribution in [0.5, 0.6) is 0 Å². The van der Waals surface area contributed by atoms with Crippen molar-refractivity contribution in [3.8, 4) is 5.69 Å². The van der Waals surface area contributed by atoms with Gasteiger partial charge in [-0.15, -0.1) is 0 Å². The molecular weight excluding hydrogens is 392 g/mol. The summed E-state index contributed by atoms with van der Waals surface area (Å²) in [6.07, 6.45) is 1.84. The third-order valence-corrected chi connectivity index (χ3v) is 5.48. The van der Waals surface area contributed by atoms with Gasteiger partial charge in [0, 0.05) is 23.0 Å². The van der Waals surface area contributed by atoms with E-state index >= 15 is 0 Å². The van der Waals surface area contributed by atoms with Gasteiger partial charge in [0.25, 0.3) is 11.6 Å². The molecule has 1 aromatic heterocycles. The number of nitrogens with zero attached hydrogens (tertiary/aromatic N) is 4. The second kappa shape index (κ2) is 7.68. The van der Waals surface area contributed by atoms with Crippen molar-refractivity contribution >= 4 is 29.1 Å². The maximum Gasteiger partial charge on any atom is 0.280 e. The van der Waals surface area contributed by atoms with Crippen LogP contribution in [0, 0.1) is 30.9 Å². The zero-order valence-electron chi connectivity index (χ0n) is 17.8. The first-order valence-electron chi connectivity index (χ1n) is 9.89. The predicted octanol–water partition coefficient (Wildman–Crippen LogP) is 5.12. The second-order valence-electron chi connectivity index (χ2n) is 7.59. The Balaban J connectivity index is 1.74. The normalized spacial score (nSPS) is 15.0. The van der Waals surface area contributed by atoms with E-state index in [1.54, 1.807) is 19.1 Å². The number of carbonyl (C=O) groups is 1. The van der Waals surface area contributed by atoms with Crippen molar-refractivity contribution in [1.82, 2.24) is 4.57 Å². The molecule has 3 aromatic rings. The molecule has 0 radical (unpaired) electrons. The van der Waals surface area contributed by atoms with Gasteiger partial charge in [0.1, 0.15) is 0 Å². The summed E-state index contributed by atoms with van der Waals surface area (Å²) in [5, 5.41) is 17.2. The smallest absolute Gasteiger partial charge is 0.280 e. The van der Waals surface area contributed by atoms with Crippen molar-refractivity contribution in [2.45, 2.75) is 27.7 Å². The standard InChI is InChI=1S/C24H22N4O3/c1-15-10-11-21(14-23(15)28(30)31)26-16(2)12-19(18(26)4)13-22-17(3)25-27(24(22)29)20-8-6-5-7-9-20/h5-14H,1-4H3/b22-13+. The third-order valence-electron chi connectivity index (χ3n) is 5.48. The van der Waals surface area contributed by atoms with Crippen LogP contribution in [0.15, 0.2) is 65.3 Å². The fraction of sp³-hybridized carbons (Fsp3) is 0.167. The number of nitro groups is 1. The number of aryl methyl sites for hydroxylation is 2. The topological polar surface area (TPSA) is 80.7 Å². The largest absolute Gasteiger partial charge is 0.318 e. The molecule has 0 atom stereocenters. The lowest BCUT2D eigenvalue weighted by Crippen LogP contribution is -2.21. The van der Waals surface area contributed by atoms with E-state index in [1.165, 1.54) is 5.01 Å². The first-order chi connectivity index (χ1) is 14.8. The summed E-state index contributed by atoms with van der Waals surface area (Å²) in [4.78, 5) is 24.0. The first kappa shape index (κ1) is 20.3. The number of aromatic nitrogens is 1. The molecule has 0 unspecified atom stereocenters. The molecule has 1 aliphatic heterocycles. The summed E-state index contributed by atoms with van der Waals surface area (Å²) in [5.74, 6) is -0.181. The lowest BCUT2D eigenvalue weighted by molar-refractivity contribution is -0.385. The Morgan fingerprint density at radius 3 is 2.35 bits per heavy atom. The summed E-state index contributed by atoms with van der Waals surface area (Å²) < 4.78 is 1.96. The van der Waals surface area contributed by atoms with Gasteiger partial charge in [-0.2, -0.15) is 10.1 Å². The van der Waals surface area contributed by atoms with Crippen LogP contribution in [0.1, 0.15) is 29.4 Å². The highest BCUT2D eigenvalue weighted by Crippen LogP contribution is 2.29. The number of hydrogen-bond acceptors (Lipinski definition) is 4. The second-order valence-corrected chi connectivity index (χ2v) is 7.59. The van der Waals surface area contributed by atoms with E-state index in [0.717, 1.165) is 17.0 Å². The van der Waals surface area contributed by atoms with Crippen LogP contribution in [-0.2, 0) is 4.79 Å². The Morgan fingerprint density at radius 1 is 0.968 bits per heavy atom. The molecule has 31 heavy (non-hydrogen) atoms. The Kier molecular flexibility index (Phi) is 5.02. The highest BCUT2D eigenvalue weighted by molar-refractivity contribution is 6.32. The molecule has 1 aliphatic rings. The van der Waals surface area contributed by atoms with Crippen molar-refractivity contribution in [2.24, 2.45) is 5.10 Å². The minimum absolute atomic E-state index is 0.0809. The van der Waals surface area contributed by atoms with E-state index in [9.17, 15) is 14.9 Å². The van der Waals surface area contributed by atoms with E-state index in [1.807, 2.05) is 73.9 Å². The molecule has 1 amide bonds. The average molecular weight is 414 g/mol. The van der Waals surface area contributed by atoms with Crippen molar-refractivity contribution < 1.29 is 9.72 Å². The Morgan fingerprint density at radius 2 is 1.68 bits per heavy atom. The summed E-state index contributed by atoms with van der Waals surface area (Å²) >= 11 is 0. The number of nitro benzene ring substituents is 1. The Labute approximate surface area is 180 Å². The predicted molar refractivity (Wildman–Crippen MR) is 122 cm³/mol. The number of carbonyl (C=O) groups excluding carboxylic acids is 1. The van der Waals surface area contributed by atoms with Crippen LogP contribution in [0.3, 0.4) is 0 Å². The van der Waals surface area contributed by atoms with E-state index in [2.05, 4.69) is 5.10 Å². The zero-order chi connectivity index (χ0) is 22.3. The summed E-state index contributed by atoms with van der Waals surface area (Å²) in [6, 6.07) is 16.5. The highest BCUT2D eigenvalue weighted by Gasteiger charge is 2.29. The summed E-state index contributed by atoms with van der Waals surface area (Å²) in [6.45, 7) is 7.41. The van der Waals surface area contributed by atoms with Crippen molar-refractivity contribution in [3.63, 3.8) is 0 Å². The number of hydrazone groups is 1. The Hall–Kier alpha value is -4.00. The molecule has 0 N–H and O–H groups in total. The van der Waals surface area contributed by atoms with Crippen molar-refractivity contribution in [3.05, 3.63) is 92.8 Å². The molecule has 0 saturated carbocycles. The molecule has 156 valence electrons. The van der Waals surface area contributed by atoms with Crippen LogP contribution < -0.4 is 5.01 Å². The van der Waals surface area contributed by atoms with E-state index in [-0.39, 0.29) is 16.5 Å². The maximum atomic E-state index is 13.0. The highest BCUT2D eigenvalue weighted by atomic mass is 16.6. The van der Waals surface area contributed by atoms with Gasteiger partial charge in [-0.1, -0.05) is 24.3 Å². The van der Waals surface area contributed by atoms with Gasteiger partial charge in [0.05, 0.1) is 27.6 Å². The molecule has 7 nitrogen and oxygen atoms in total. The minimum Gasteiger partial charge on any atom is -0.318 e. The van der Waals surface area contributed by atoms with Gasteiger partial charge in [-0.05, 0) is 63.6 Å². The van der Waals surface area contributed by atoms with Gasteiger partial charge < -0.3 is 4.57 Å². The third kappa shape index (κ3) is 3.54. The monoisotopic (exact) mass is 414 g/mol. The SMILES string of the molecule is CC1=NN(c2ccccc2)C(=O)/C1=C/c1cc(C)n(-c2ccc(C)c([N+](=O)[O-])c2)c1C. The van der Waals surface area contributed by atoms with E-state index < -0.39 is 0 Å². The molecule has 0 saturated heterocycles. The van der Waals surface area contributed by atoms with Crippen molar-refractivity contribution in [1.29, 1.82) is 0 Å². The molecular formula is C24H22N4O3. The van der Waals surface area contributed by atoms with Crippen LogP contribution in [-0.4, -0.2) is 21.1 Å². The molecule has 0 bridgehead atoms. The molecule has 2 aromatic carbocycles. The lowest BCUT2D eigenvalue weighted by atomic mass is 10.1. The van der Waals surface area contributed by atoms with Crippen LogP contribution in [0.25, 0.3) is 11.8 Å². The van der Waals surface area contributed by atoms with Crippen LogP contribution >= 0.6 is 0 Å². The fourth-order valence-electron chi connectivity index (χ4n) is 3.85. The number of benzene rings is 2. The fourth-order valence-corrected chi connectivity index (χ4v) is 3.85. The molecule has 0 spiro atoms. The molecule has 0 aliphatic carbocycles. The van der Waals surface area contributed by atoms with Gasteiger partial charge in [0.2, 0.25) is 0 Å².